The predicted octanol–water partition coefficient (Wildman–Crippen LogP) is 2.64. The molecule has 1 saturated heterocycles. The molecule has 4 N–H and O–H groups in total. The first kappa shape index (κ1) is 15.6. The zero-order chi connectivity index (χ0) is 15.2. The van der Waals surface area contributed by atoms with Gasteiger partial charge in [-0.15, -0.1) is 0 Å². The molecule has 21 heavy (non-hydrogen) atoms. The van der Waals surface area contributed by atoms with Crippen molar-refractivity contribution >= 4 is 17.3 Å². The summed E-state index contributed by atoms with van der Waals surface area (Å²) in [4.78, 5) is 13.7. The van der Waals surface area contributed by atoms with E-state index in [0.29, 0.717) is 17.4 Å². The van der Waals surface area contributed by atoms with E-state index in [1.54, 1.807) is 12.1 Å². The fraction of sp³-hybridized carbons (Fsp3) is 0.562. The van der Waals surface area contributed by atoms with Gasteiger partial charge in [0, 0.05) is 30.5 Å². The van der Waals surface area contributed by atoms with Gasteiger partial charge in [0.15, 0.2) is 0 Å². The van der Waals surface area contributed by atoms with E-state index in [1.807, 2.05) is 0 Å². The molecule has 2 rings (SSSR count). The summed E-state index contributed by atoms with van der Waals surface area (Å²) in [5, 5.41) is 12.4. The van der Waals surface area contributed by atoms with Crippen molar-refractivity contribution in [2.75, 3.05) is 30.7 Å². The van der Waals surface area contributed by atoms with E-state index in [4.69, 9.17) is 5.73 Å². The molecule has 0 aromatic heterocycles. The van der Waals surface area contributed by atoms with Crippen LogP contribution in [0.1, 0.15) is 43.0 Å². The van der Waals surface area contributed by atoms with Crippen molar-refractivity contribution in [1.82, 2.24) is 4.90 Å². The first-order valence-corrected chi connectivity index (χ1v) is 7.68. The number of anilines is 2. The average Bonchev–Trinajstić information content (AvgIpc) is 2.46. The maximum Gasteiger partial charge on any atom is 0.337 e. The molecule has 1 heterocycles. The standard InChI is InChI=1S/C16H25N3O2/c1-12-5-2-3-9-19(12)10-4-8-18-15-7-6-13(17)11-14(15)16(20)21/h6-7,11-12,18H,2-5,8-10,17H2,1H3,(H,20,21). The van der Waals surface area contributed by atoms with Crippen molar-refractivity contribution < 1.29 is 9.90 Å². The van der Waals surface area contributed by atoms with Crippen LogP contribution in [0.3, 0.4) is 0 Å². The molecule has 0 radical (unpaired) electrons. The highest BCUT2D eigenvalue weighted by molar-refractivity contribution is 5.95. The van der Waals surface area contributed by atoms with Crippen molar-refractivity contribution in [3.8, 4) is 0 Å². The molecule has 5 nitrogen and oxygen atoms in total. The Kier molecular flexibility index (Phi) is 5.44. The van der Waals surface area contributed by atoms with Gasteiger partial charge in [0.05, 0.1) is 5.56 Å². The molecule has 0 saturated carbocycles. The Morgan fingerprint density at radius 2 is 2.29 bits per heavy atom. The third kappa shape index (κ3) is 4.36. The minimum absolute atomic E-state index is 0.237. The number of carbonyl (C=O) groups is 1. The van der Waals surface area contributed by atoms with Crippen LogP contribution in [0.5, 0.6) is 0 Å². The second kappa shape index (κ2) is 7.31. The lowest BCUT2D eigenvalue weighted by Crippen LogP contribution is -2.38. The van der Waals surface area contributed by atoms with Gasteiger partial charge in [0.25, 0.3) is 0 Å². The summed E-state index contributed by atoms with van der Waals surface area (Å²) >= 11 is 0. The van der Waals surface area contributed by atoms with E-state index < -0.39 is 5.97 Å². The lowest BCUT2D eigenvalue weighted by molar-refractivity contribution is 0.0698. The van der Waals surface area contributed by atoms with E-state index in [1.165, 1.54) is 31.9 Å². The van der Waals surface area contributed by atoms with Crippen LogP contribution in [0.2, 0.25) is 0 Å². The Morgan fingerprint density at radius 3 is 3.00 bits per heavy atom. The number of benzene rings is 1. The van der Waals surface area contributed by atoms with Gasteiger partial charge in [-0.25, -0.2) is 4.79 Å². The van der Waals surface area contributed by atoms with E-state index in [9.17, 15) is 9.90 Å². The minimum Gasteiger partial charge on any atom is -0.478 e. The molecule has 116 valence electrons. The van der Waals surface area contributed by atoms with Crippen LogP contribution in [0.15, 0.2) is 18.2 Å². The summed E-state index contributed by atoms with van der Waals surface area (Å²) in [6.45, 7) is 5.30. The monoisotopic (exact) mass is 291 g/mol. The van der Waals surface area contributed by atoms with Gasteiger partial charge < -0.3 is 21.1 Å². The summed E-state index contributed by atoms with van der Waals surface area (Å²) in [6, 6.07) is 5.63. The lowest BCUT2D eigenvalue weighted by atomic mass is 10.0. The molecule has 1 aliphatic rings. The maximum absolute atomic E-state index is 11.2. The Balaban J connectivity index is 1.82. The van der Waals surface area contributed by atoms with Crippen LogP contribution in [0.4, 0.5) is 11.4 Å². The zero-order valence-electron chi connectivity index (χ0n) is 12.6. The molecule has 0 bridgehead atoms. The van der Waals surface area contributed by atoms with Crippen LogP contribution in [-0.4, -0.2) is 41.7 Å². The predicted molar refractivity (Wildman–Crippen MR) is 85.8 cm³/mol. The lowest BCUT2D eigenvalue weighted by Gasteiger charge is -2.33. The van der Waals surface area contributed by atoms with Crippen LogP contribution in [0.25, 0.3) is 0 Å². The number of nitrogens with two attached hydrogens (primary N) is 1. The third-order valence-corrected chi connectivity index (χ3v) is 4.15. The average molecular weight is 291 g/mol. The van der Waals surface area contributed by atoms with E-state index in [-0.39, 0.29) is 5.56 Å². The number of aromatic carboxylic acids is 1. The summed E-state index contributed by atoms with van der Waals surface area (Å²) in [5.41, 5.74) is 6.99. The highest BCUT2D eigenvalue weighted by atomic mass is 16.4. The minimum atomic E-state index is -0.950. The Hall–Kier alpha value is -1.75. The molecule has 1 atom stereocenters. The number of hydrogen-bond acceptors (Lipinski definition) is 4. The Morgan fingerprint density at radius 1 is 1.48 bits per heavy atom. The summed E-state index contributed by atoms with van der Waals surface area (Å²) < 4.78 is 0. The second-order valence-electron chi connectivity index (χ2n) is 5.77. The molecule has 0 spiro atoms. The van der Waals surface area contributed by atoms with Crippen LogP contribution in [0, 0.1) is 0 Å². The zero-order valence-corrected chi connectivity index (χ0v) is 12.6. The SMILES string of the molecule is CC1CCCCN1CCCNc1ccc(N)cc1C(=O)O. The molecule has 1 fully saturated rings. The van der Waals surface area contributed by atoms with E-state index in [2.05, 4.69) is 17.1 Å². The quantitative estimate of drug-likeness (QED) is 0.555. The number of likely N-dealkylation sites (tertiary alicyclic amines) is 1. The number of nitrogen functional groups attached to an aromatic ring is 1. The Bertz CT molecular complexity index is 490. The Labute approximate surface area is 126 Å². The van der Waals surface area contributed by atoms with Crippen molar-refractivity contribution in [2.24, 2.45) is 0 Å². The fourth-order valence-electron chi connectivity index (χ4n) is 2.89. The molecule has 1 aromatic carbocycles. The summed E-state index contributed by atoms with van der Waals surface area (Å²) in [6.07, 6.45) is 4.92. The number of nitrogens with one attached hydrogen (secondary N) is 1. The largest absolute Gasteiger partial charge is 0.478 e. The molecular formula is C16H25N3O2. The highest BCUT2D eigenvalue weighted by Gasteiger charge is 2.17. The number of piperidine rings is 1. The number of carboxylic acid groups (broad SMARTS) is 1. The van der Waals surface area contributed by atoms with Gasteiger partial charge in [-0.05, 0) is 50.9 Å². The molecule has 1 aromatic rings. The molecular weight excluding hydrogens is 266 g/mol. The van der Waals surface area contributed by atoms with Crippen molar-refractivity contribution in [3.05, 3.63) is 23.8 Å². The normalized spacial score (nSPS) is 19.4. The number of carboxylic acids is 1. The van der Waals surface area contributed by atoms with Crippen molar-refractivity contribution in [2.45, 2.75) is 38.6 Å². The highest BCUT2D eigenvalue weighted by Crippen LogP contribution is 2.19. The van der Waals surface area contributed by atoms with Gasteiger partial charge in [0.1, 0.15) is 0 Å². The first-order valence-electron chi connectivity index (χ1n) is 7.68. The van der Waals surface area contributed by atoms with E-state index >= 15 is 0 Å². The van der Waals surface area contributed by atoms with Crippen molar-refractivity contribution in [1.29, 1.82) is 0 Å². The van der Waals surface area contributed by atoms with Gasteiger partial charge in [0.2, 0.25) is 0 Å². The summed E-state index contributed by atoms with van der Waals surface area (Å²) in [7, 11) is 0. The molecule has 0 aliphatic carbocycles. The van der Waals surface area contributed by atoms with E-state index in [0.717, 1.165) is 19.5 Å². The van der Waals surface area contributed by atoms with Crippen LogP contribution >= 0.6 is 0 Å². The maximum atomic E-state index is 11.2. The first-order chi connectivity index (χ1) is 10.1. The summed E-state index contributed by atoms with van der Waals surface area (Å²) in [5.74, 6) is -0.950. The topological polar surface area (TPSA) is 78.6 Å². The van der Waals surface area contributed by atoms with Gasteiger partial charge in [-0.3, -0.25) is 0 Å². The van der Waals surface area contributed by atoms with Gasteiger partial charge in [-0.1, -0.05) is 6.42 Å². The molecule has 0 amide bonds. The van der Waals surface area contributed by atoms with Crippen LogP contribution < -0.4 is 11.1 Å². The van der Waals surface area contributed by atoms with Gasteiger partial charge >= 0.3 is 5.97 Å². The molecule has 5 heteroatoms. The molecule has 1 unspecified atom stereocenters. The smallest absolute Gasteiger partial charge is 0.337 e. The molecule has 1 aliphatic heterocycles. The number of nitrogens with zero attached hydrogens (tertiary/aromatic N) is 1. The van der Waals surface area contributed by atoms with Crippen molar-refractivity contribution in [3.63, 3.8) is 0 Å². The number of hydrogen-bond donors (Lipinski definition) is 3. The number of rotatable bonds is 6. The second-order valence-corrected chi connectivity index (χ2v) is 5.77. The van der Waals surface area contributed by atoms with Gasteiger partial charge in [-0.2, -0.15) is 0 Å². The third-order valence-electron chi connectivity index (χ3n) is 4.15. The van der Waals surface area contributed by atoms with Crippen LogP contribution in [-0.2, 0) is 0 Å². The fourth-order valence-corrected chi connectivity index (χ4v) is 2.89.